The maximum atomic E-state index is 5.84. The van der Waals surface area contributed by atoms with E-state index in [2.05, 4.69) is 5.32 Å². The number of anilines is 2. The van der Waals surface area contributed by atoms with Gasteiger partial charge in [0.2, 0.25) is 0 Å². The number of nitrogens with two attached hydrogens (primary N) is 1. The summed E-state index contributed by atoms with van der Waals surface area (Å²) in [7, 11) is 0. The number of para-hydroxylation sites is 2. The standard InChI is InChI=1S/C13H16N2OS/c1-2-16-12-6-4-3-5-11(12)15-9-13-10(14)7-8-17-13/h3-8,15H,2,9,14H2,1H3. The molecular formula is C13H16N2OS. The normalized spacial score (nSPS) is 10.2. The van der Waals surface area contributed by atoms with E-state index in [0.29, 0.717) is 6.61 Å². The average molecular weight is 248 g/mol. The summed E-state index contributed by atoms with van der Waals surface area (Å²) in [6.45, 7) is 3.38. The highest BCUT2D eigenvalue weighted by Gasteiger charge is 2.04. The number of hydrogen-bond donors (Lipinski definition) is 2. The van der Waals surface area contributed by atoms with Gasteiger partial charge in [0, 0.05) is 10.6 Å². The van der Waals surface area contributed by atoms with E-state index in [4.69, 9.17) is 10.5 Å². The molecule has 0 radical (unpaired) electrons. The molecule has 0 atom stereocenters. The van der Waals surface area contributed by atoms with E-state index in [1.165, 1.54) is 0 Å². The number of ether oxygens (including phenoxy) is 1. The van der Waals surface area contributed by atoms with E-state index in [9.17, 15) is 0 Å². The highest BCUT2D eigenvalue weighted by molar-refractivity contribution is 7.10. The minimum atomic E-state index is 0.667. The predicted octanol–water partition coefficient (Wildman–Crippen LogP) is 3.34. The van der Waals surface area contributed by atoms with Crippen molar-refractivity contribution in [2.45, 2.75) is 13.5 Å². The molecular weight excluding hydrogens is 232 g/mol. The molecule has 3 N–H and O–H groups in total. The number of rotatable bonds is 5. The second-order valence-corrected chi connectivity index (χ2v) is 4.58. The van der Waals surface area contributed by atoms with Gasteiger partial charge in [-0.15, -0.1) is 11.3 Å². The molecule has 0 fully saturated rings. The second-order valence-electron chi connectivity index (χ2n) is 3.58. The minimum Gasteiger partial charge on any atom is -0.492 e. The van der Waals surface area contributed by atoms with Gasteiger partial charge in [-0.3, -0.25) is 0 Å². The summed E-state index contributed by atoms with van der Waals surface area (Å²) in [6, 6.07) is 9.85. The van der Waals surface area contributed by atoms with Crippen molar-refractivity contribution in [2.24, 2.45) is 0 Å². The van der Waals surface area contributed by atoms with E-state index < -0.39 is 0 Å². The quantitative estimate of drug-likeness (QED) is 0.853. The van der Waals surface area contributed by atoms with Crippen LogP contribution in [0, 0.1) is 0 Å². The van der Waals surface area contributed by atoms with E-state index >= 15 is 0 Å². The van der Waals surface area contributed by atoms with Crippen molar-refractivity contribution >= 4 is 22.7 Å². The van der Waals surface area contributed by atoms with Crippen LogP contribution in [-0.4, -0.2) is 6.61 Å². The zero-order valence-corrected chi connectivity index (χ0v) is 10.6. The van der Waals surface area contributed by atoms with Gasteiger partial charge in [0.25, 0.3) is 0 Å². The highest BCUT2D eigenvalue weighted by atomic mass is 32.1. The van der Waals surface area contributed by atoms with E-state index in [0.717, 1.165) is 28.5 Å². The summed E-state index contributed by atoms with van der Waals surface area (Å²) in [6.07, 6.45) is 0. The average Bonchev–Trinajstić information content (AvgIpc) is 2.74. The molecule has 0 unspecified atom stereocenters. The topological polar surface area (TPSA) is 47.3 Å². The number of nitrogen functional groups attached to an aromatic ring is 1. The van der Waals surface area contributed by atoms with Crippen LogP contribution in [0.2, 0.25) is 0 Å². The molecule has 0 aliphatic rings. The van der Waals surface area contributed by atoms with Gasteiger partial charge in [0.05, 0.1) is 18.8 Å². The Morgan fingerprint density at radius 2 is 2.12 bits per heavy atom. The van der Waals surface area contributed by atoms with Crippen molar-refractivity contribution < 1.29 is 4.74 Å². The Morgan fingerprint density at radius 3 is 2.82 bits per heavy atom. The lowest BCUT2D eigenvalue weighted by atomic mass is 10.3. The summed E-state index contributed by atoms with van der Waals surface area (Å²) < 4.78 is 5.55. The Hall–Kier alpha value is -1.68. The first-order chi connectivity index (χ1) is 8.31. The molecule has 1 aromatic carbocycles. The molecule has 1 heterocycles. The lowest BCUT2D eigenvalue weighted by molar-refractivity contribution is 0.341. The third kappa shape index (κ3) is 2.91. The van der Waals surface area contributed by atoms with Crippen LogP contribution >= 0.6 is 11.3 Å². The molecule has 2 rings (SSSR count). The van der Waals surface area contributed by atoms with Crippen molar-refractivity contribution in [3.05, 3.63) is 40.6 Å². The van der Waals surface area contributed by atoms with Crippen LogP contribution < -0.4 is 15.8 Å². The summed E-state index contributed by atoms with van der Waals surface area (Å²) in [4.78, 5) is 1.15. The van der Waals surface area contributed by atoms with Gasteiger partial charge in [-0.05, 0) is 30.5 Å². The van der Waals surface area contributed by atoms with Gasteiger partial charge in [0.1, 0.15) is 5.75 Å². The second kappa shape index (κ2) is 5.59. The van der Waals surface area contributed by atoms with Gasteiger partial charge >= 0.3 is 0 Å². The molecule has 0 saturated heterocycles. The van der Waals surface area contributed by atoms with Crippen LogP contribution in [0.25, 0.3) is 0 Å². The zero-order chi connectivity index (χ0) is 12.1. The van der Waals surface area contributed by atoms with Crippen LogP contribution in [0.5, 0.6) is 5.75 Å². The van der Waals surface area contributed by atoms with Crippen molar-refractivity contribution in [2.75, 3.05) is 17.7 Å². The van der Waals surface area contributed by atoms with Crippen molar-refractivity contribution in [3.8, 4) is 5.75 Å². The molecule has 2 aromatic rings. The number of nitrogens with one attached hydrogen (secondary N) is 1. The Morgan fingerprint density at radius 1 is 1.29 bits per heavy atom. The fraction of sp³-hybridized carbons (Fsp3) is 0.231. The third-order valence-corrected chi connectivity index (χ3v) is 3.34. The van der Waals surface area contributed by atoms with E-state index in [-0.39, 0.29) is 0 Å². The Kier molecular flexibility index (Phi) is 3.88. The smallest absolute Gasteiger partial charge is 0.142 e. The molecule has 0 bridgehead atoms. The van der Waals surface area contributed by atoms with Crippen LogP contribution in [0.4, 0.5) is 11.4 Å². The predicted molar refractivity (Wildman–Crippen MR) is 73.7 cm³/mol. The molecule has 0 aliphatic carbocycles. The van der Waals surface area contributed by atoms with E-state index in [1.807, 2.05) is 42.6 Å². The molecule has 0 spiro atoms. The lowest BCUT2D eigenvalue weighted by Crippen LogP contribution is -2.02. The molecule has 90 valence electrons. The highest BCUT2D eigenvalue weighted by Crippen LogP contribution is 2.26. The zero-order valence-electron chi connectivity index (χ0n) is 9.77. The summed E-state index contributed by atoms with van der Waals surface area (Å²) in [5.41, 5.74) is 7.69. The number of benzene rings is 1. The maximum Gasteiger partial charge on any atom is 0.142 e. The van der Waals surface area contributed by atoms with Crippen molar-refractivity contribution in [3.63, 3.8) is 0 Å². The maximum absolute atomic E-state index is 5.84. The largest absolute Gasteiger partial charge is 0.492 e. The number of hydrogen-bond acceptors (Lipinski definition) is 4. The molecule has 0 amide bonds. The third-order valence-electron chi connectivity index (χ3n) is 2.41. The summed E-state index contributed by atoms with van der Waals surface area (Å²) in [5.74, 6) is 0.880. The van der Waals surface area contributed by atoms with Crippen LogP contribution in [0.1, 0.15) is 11.8 Å². The molecule has 4 heteroatoms. The molecule has 17 heavy (non-hydrogen) atoms. The Bertz CT molecular complexity index is 482. The van der Waals surface area contributed by atoms with Crippen LogP contribution in [0.15, 0.2) is 35.7 Å². The molecule has 1 aromatic heterocycles. The monoisotopic (exact) mass is 248 g/mol. The SMILES string of the molecule is CCOc1ccccc1NCc1sccc1N. The van der Waals surface area contributed by atoms with Gasteiger partial charge < -0.3 is 15.8 Å². The lowest BCUT2D eigenvalue weighted by Gasteiger charge is -2.11. The van der Waals surface area contributed by atoms with Gasteiger partial charge in [-0.1, -0.05) is 12.1 Å². The fourth-order valence-corrected chi connectivity index (χ4v) is 2.30. The Labute approximate surface area is 105 Å². The van der Waals surface area contributed by atoms with Gasteiger partial charge in [-0.2, -0.15) is 0 Å². The van der Waals surface area contributed by atoms with Crippen LogP contribution in [-0.2, 0) is 6.54 Å². The fourth-order valence-electron chi connectivity index (χ4n) is 1.56. The molecule has 0 aliphatic heterocycles. The first-order valence-corrected chi connectivity index (χ1v) is 6.46. The summed E-state index contributed by atoms with van der Waals surface area (Å²) in [5, 5.41) is 5.35. The first kappa shape index (κ1) is 11.8. The minimum absolute atomic E-state index is 0.667. The van der Waals surface area contributed by atoms with E-state index in [1.54, 1.807) is 11.3 Å². The summed E-state index contributed by atoms with van der Waals surface area (Å²) >= 11 is 1.66. The molecule has 0 saturated carbocycles. The van der Waals surface area contributed by atoms with Crippen molar-refractivity contribution in [1.29, 1.82) is 0 Å². The Balaban J connectivity index is 2.06. The molecule has 3 nitrogen and oxygen atoms in total. The van der Waals surface area contributed by atoms with Gasteiger partial charge in [-0.25, -0.2) is 0 Å². The van der Waals surface area contributed by atoms with Gasteiger partial charge in [0.15, 0.2) is 0 Å². The first-order valence-electron chi connectivity index (χ1n) is 5.58. The van der Waals surface area contributed by atoms with Crippen LogP contribution in [0.3, 0.4) is 0 Å². The van der Waals surface area contributed by atoms with Crippen molar-refractivity contribution in [1.82, 2.24) is 0 Å². The number of thiophene rings is 1.